The Labute approximate surface area is 162 Å². The van der Waals surface area contributed by atoms with E-state index in [2.05, 4.69) is 15.3 Å². The third-order valence-corrected chi connectivity index (χ3v) is 4.66. The third-order valence-electron chi connectivity index (χ3n) is 3.66. The van der Waals surface area contributed by atoms with E-state index in [9.17, 15) is 23.3 Å². The number of aryl methyl sites for hydroxylation is 1. The number of rotatable bonds is 5. The predicted octanol–water partition coefficient (Wildman–Crippen LogP) is 5.61. The number of nitrogens with one attached hydrogen (secondary N) is 1. The predicted molar refractivity (Wildman–Crippen MR) is 98.7 cm³/mol. The van der Waals surface area contributed by atoms with Crippen LogP contribution in [-0.2, 0) is 6.18 Å². The Morgan fingerprint density at radius 1 is 1.11 bits per heavy atom. The van der Waals surface area contributed by atoms with Gasteiger partial charge in [-0.3, -0.25) is 10.1 Å². The number of aromatic nitrogens is 2. The van der Waals surface area contributed by atoms with E-state index in [0.29, 0.717) is 0 Å². The molecule has 0 atom stereocenters. The van der Waals surface area contributed by atoms with Crippen molar-refractivity contribution in [2.75, 3.05) is 5.32 Å². The lowest BCUT2D eigenvalue weighted by Gasteiger charge is -2.11. The molecule has 0 saturated heterocycles. The maximum absolute atomic E-state index is 12.9. The molecule has 0 aliphatic rings. The topological polar surface area (TPSA) is 81.0 Å². The molecule has 0 unspecified atom stereocenters. The Hall–Kier alpha value is -3.14. The maximum atomic E-state index is 12.9. The lowest BCUT2D eigenvalue weighted by molar-refractivity contribution is -0.387. The number of hydrogen-bond acceptors (Lipinski definition) is 6. The molecular weight excluding hydrogens is 393 g/mol. The first-order valence-electron chi connectivity index (χ1n) is 7.92. The van der Waals surface area contributed by atoms with Gasteiger partial charge in [0.05, 0.1) is 10.5 Å². The van der Waals surface area contributed by atoms with Crippen LogP contribution in [0.1, 0.15) is 11.1 Å². The normalized spacial score (nSPS) is 11.3. The molecular formula is C18H13F3N4O2S. The Bertz CT molecular complexity index is 1010. The first kappa shape index (κ1) is 19.6. The van der Waals surface area contributed by atoms with Crippen LogP contribution in [0.5, 0.6) is 0 Å². The fraction of sp³-hybridized carbons (Fsp3) is 0.111. The minimum absolute atomic E-state index is 0.0305. The largest absolute Gasteiger partial charge is 0.416 e. The number of hydrogen-bond donors (Lipinski definition) is 1. The Morgan fingerprint density at radius 2 is 1.82 bits per heavy atom. The molecule has 0 bridgehead atoms. The summed E-state index contributed by atoms with van der Waals surface area (Å²) in [5, 5.41) is 14.3. The molecule has 28 heavy (non-hydrogen) atoms. The van der Waals surface area contributed by atoms with Crippen molar-refractivity contribution in [2.45, 2.75) is 23.0 Å². The van der Waals surface area contributed by atoms with Crippen LogP contribution in [0.4, 0.5) is 30.4 Å². The molecule has 0 aliphatic carbocycles. The van der Waals surface area contributed by atoms with Gasteiger partial charge < -0.3 is 5.32 Å². The standard InChI is InChI=1S/C18H13F3N4O2S/c1-11-5-7-14(8-6-11)28-17-15(25(26)27)16(22-10-23-17)24-13-4-2-3-12(9-13)18(19,20)21/h2-10H,1H3,(H,22,23,24). The van der Waals surface area contributed by atoms with Gasteiger partial charge in [0.15, 0.2) is 5.03 Å². The average Bonchev–Trinajstić information content (AvgIpc) is 2.63. The maximum Gasteiger partial charge on any atom is 0.416 e. The highest BCUT2D eigenvalue weighted by Crippen LogP contribution is 2.38. The summed E-state index contributed by atoms with van der Waals surface area (Å²) in [4.78, 5) is 19.5. The van der Waals surface area contributed by atoms with Crippen LogP contribution in [0.2, 0.25) is 0 Å². The van der Waals surface area contributed by atoms with Gasteiger partial charge in [0.2, 0.25) is 5.82 Å². The van der Waals surface area contributed by atoms with E-state index in [1.54, 1.807) is 12.1 Å². The SMILES string of the molecule is Cc1ccc(Sc2ncnc(Nc3cccc(C(F)(F)F)c3)c2[N+](=O)[O-])cc1. The molecule has 3 rings (SSSR count). The molecule has 0 radical (unpaired) electrons. The molecule has 144 valence electrons. The Balaban J connectivity index is 1.96. The van der Waals surface area contributed by atoms with Crippen molar-refractivity contribution in [2.24, 2.45) is 0 Å². The van der Waals surface area contributed by atoms with Crippen molar-refractivity contribution < 1.29 is 18.1 Å². The summed E-state index contributed by atoms with van der Waals surface area (Å²) in [6.07, 6.45) is -3.40. The summed E-state index contributed by atoms with van der Waals surface area (Å²) in [6, 6.07) is 11.7. The van der Waals surface area contributed by atoms with Crippen molar-refractivity contribution in [1.82, 2.24) is 9.97 Å². The van der Waals surface area contributed by atoms with Gasteiger partial charge in [-0.2, -0.15) is 13.2 Å². The highest BCUT2D eigenvalue weighted by molar-refractivity contribution is 7.99. The van der Waals surface area contributed by atoms with Crippen LogP contribution < -0.4 is 5.32 Å². The van der Waals surface area contributed by atoms with Gasteiger partial charge in [-0.25, -0.2) is 9.97 Å². The highest BCUT2D eigenvalue weighted by atomic mass is 32.2. The summed E-state index contributed by atoms with van der Waals surface area (Å²) in [6.45, 7) is 1.92. The lowest BCUT2D eigenvalue weighted by atomic mass is 10.2. The molecule has 2 aromatic carbocycles. The second-order valence-electron chi connectivity index (χ2n) is 5.75. The van der Waals surface area contributed by atoms with Crippen LogP contribution in [0.3, 0.4) is 0 Å². The number of alkyl halides is 3. The van der Waals surface area contributed by atoms with Crippen LogP contribution in [0.15, 0.2) is 64.8 Å². The zero-order valence-electron chi connectivity index (χ0n) is 14.4. The zero-order chi connectivity index (χ0) is 20.3. The molecule has 0 saturated carbocycles. The molecule has 0 spiro atoms. The van der Waals surface area contributed by atoms with Crippen LogP contribution >= 0.6 is 11.8 Å². The molecule has 1 N–H and O–H groups in total. The highest BCUT2D eigenvalue weighted by Gasteiger charge is 2.31. The molecule has 1 heterocycles. The fourth-order valence-electron chi connectivity index (χ4n) is 2.32. The molecule has 0 amide bonds. The summed E-state index contributed by atoms with van der Waals surface area (Å²) in [5.74, 6) is -0.186. The van der Waals surface area contributed by atoms with Crippen molar-refractivity contribution >= 4 is 29.0 Å². The summed E-state index contributed by atoms with van der Waals surface area (Å²) in [5.41, 5.74) is -0.217. The first-order chi connectivity index (χ1) is 13.2. The van der Waals surface area contributed by atoms with Gasteiger partial charge in [-0.15, -0.1) is 0 Å². The molecule has 1 aromatic heterocycles. The van der Waals surface area contributed by atoms with Gasteiger partial charge in [-0.05, 0) is 37.3 Å². The van der Waals surface area contributed by atoms with Gasteiger partial charge in [-0.1, -0.05) is 35.5 Å². The second kappa shape index (κ2) is 7.85. The van der Waals surface area contributed by atoms with Crippen molar-refractivity contribution in [1.29, 1.82) is 0 Å². The number of halogens is 3. The molecule has 6 nitrogen and oxygen atoms in total. The minimum atomic E-state index is -4.53. The smallest absolute Gasteiger partial charge is 0.334 e. The Kier molecular flexibility index (Phi) is 5.50. The van der Waals surface area contributed by atoms with E-state index in [-0.39, 0.29) is 16.5 Å². The second-order valence-corrected chi connectivity index (χ2v) is 6.81. The third kappa shape index (κ3) is 4.58. The number of nitro groups is 1. The summed E-state index contributed by atoms with van der Waals surface area (Å²) < 4.78 is 38.7. The summed E-state index contributed by atoms with van der Waals surface area (Å²) >= 11 is 1.07. The first-order valence-corrected chi connectivity index (χ1v) is 8.74. The fourth-order valence-corrected chi connectivity index (χ4v) is 3.18. The van der Waals surface area contributed by atoms with E-state index in [4.69, 9.17) is 0 Å². The van der Waals surface area contributed by atoms with Crippen LogP contribution in [0.25, 0.3) is 0 Å². The van der Waals surface area contributed by atoms with Crippen LogP contribution in [-0.4, -0.2) is 14.9 Å². The van der Waals surface area contributed by atoms with Crippen molar-refractivity contribution in [3.05, 3.63) is 76.1 Å². The molecule has 0 aliphatic heterocycles. The number of anilines is 2. The van der Waals surface area contributed by atoms with E-state index in [1.165, 1.54) is 12.1 Å². The number of nitrogens with zero attached hydrogens (tertiary/aromatic N) is 3. The summed E-state index contributed by atoms with van der Waals surface area (Å²) in [7, 11) is 0. The van der Waals surface area contributed by atoms with E-state index >= 15 is 0 Å². The quantitative estimate of drug-likeness (QED) is 0.337. The Morgan fingerprint density at radius 3 is 2.46 bits per heavy atom. The van der Waals surface area contributed by atoms with E-state index in [1.807, 2.05) is 19.1 Å². The number of benzene rings is 2. The molecule has 3 aromatic rings. The minimum Gasteiger partial charge on any atom is -0.334 e. The van der Waals surface area contributed by atoms with Gasteiger partial charge >= 0.3 is 11.9 Å². The van der Waals surface area contributed by atoms with Crippen molar-refractivity contribution in [3.8, 4) is 0 Å². The molecule has 0 fully saturated rings. The zero-order valence-corrected chi connectivity index (χ0v) is 15.2. The van der Waals surface area contributed by atoms with E-state index in [0.717, 1.165) is 40.7 Å². The lowest BCUT2D eigenvalue weighted by Crippen LogP contribution is -2.06. The van der Waals surface area contributed by atoms with Crippen molar-refractivity contribution in [3.63, 3.8) is 0 Å². The van der Waals surface area contributed by atoms with Crippen LogP contribution in [0, 0.1) is 17.0 Å². The monoisotopic (exact) mass is 406 g/mol. The van der Waals surface area contributed by atoms with Gasteiger partial charge in [0, 0.05) is 10.6 Å². The average molecular weight is 406 g/mol. The van der Waals surface area contributed by atoms with Gasteiger partial charge in [0.25, 0.3) is 0 Å². The van der Waals surface area contributed by atoms with E-state index < -0.39 is 22.4 Å². The van der Waals surface area contributed by atoms with Gasteiger partial charge in [0.1, 0.15) is 6.33 Å². The molecule has 10 heteroatoms.